The topological polar surface area (TPSA) is 59.1 Å². The zero-order valence-electron chi connectivity index (χ0n) is 17.7. The lowest BCUT2D eigenvalue weighted by Gasteiger charge is -2.48. The molecule has 0 bridgehead atoms. The fourth-order valence-corrected chi connectivity index (χ4v) is 5.64. The average Bonchev–Trinajstić information content (AvgIpc) is 3.19. The summed E-state index contributed by atoms with van der Waals surface area (Å²) in [5.74, 6) is 0.514. The Kier molecular flexibility index (Phi) is 6.04. The zero-order chi connectivity index (χ0) is 21.4. The minimum Gasteiger partial charge on any atom is -0.496 e. The van der Waals surface area contributed by atoms with Crippen molar-refractivity contribution in [3.63, 3.8) is 0 Å². The third-order valence-electron chi connectivity index (χ3n) is 7.17. The number of hydrogen-bond acceptors (Lipinski definition) is 5. The molecule has 1 amide bonds. The van der Waals surface area contributed by atoms with Gasteiger partial charge in [0.05, 0.1) is 30.6 Å². The second kappa shape index (κ2) is 8.93. The molecule has 0 aromatic heterocycles. The fourth-order valence-electron chi connectivity index (χ4n) is 5.51. The number of rotatable bonds is 5. The van der Waals surface area contributed by atoms with Crippen LogP contribution in [0.3, 0.4) is 0 Å². The molecule has 1 aliphatic carbocycles. The summed E-state index contributed by atoms with van der Waals surface area (Å²) in [7, 11) is 0. The van der Waals surface area contributed by atoms with Crippen LogP contribution in [0.25, 0.3) is 5.57 Å². The van der Waals surface area contributed by atoms with Gasteiger partial charge in [0.25, 0.3) is 0 Å². The molecule has 0 N–H and O–H groups in total. The Morgan fingerprint density at radius 1 is 1.10 bits per heavy atom. The number of allylic oxidation sites excluding steroid dienone is 1. The smallest absolute Gasteiger partial charge is 0.222 e. The molecule has 6 nitrogen and oxygen atoms in total. The van der Waals surface area contributed by atoms with Crippen molar-refractivity contribution in [2.24, 2.45) is 11.8 Å². The number of fused-ring (bicyclic) bond motifs is 3. The Morgan fingerprint density at radius 2 is 1.94 bits per heavy atom. The highest BCUT2D eigenvalue weighted by molar-refractivity contribution is 6.30. The maximum Gasteiger partial charge on any atom is 0.222 e. The summed E-state index contributed by atoms with van der Waals surface area (Å²) < 4.78 is 12.4. The summed E-state index contributed by atoms with van der Waals surface area (Å²) in [5.41, 5.74) is 1.49. The Hall–Kier alpha value is -1.89. The molecule has 0 spiro atoms. The lowest BCUT2D eigenvalue weighted by atomic mass is 9.71. The number of Topliss-reactive ketones (excluding diaryl/α,β-unsaturated/α-hetero) is 1. The average molecular weight is 445 g/mol. The molecular weight excluding hydrogens is 416 g/mol. The number of carbonyl (C=O) groups is 2. The number of nitrogens with zero attached hydrogens (tertiary/aromatic N) is 2. The van der Waals surface area contributed by atoms with Crippen LogP contribution in [0.4, 0.5) is 0 Å². The van der Waals surface area contributed by atoms with Crippen LogP contribution >= 0.6 is 11.6 Å². The van der Waals surface area contributed by atoms with Crippen LogP contribution in [0.1, 0.15) is 37.7 Å². The van der Waals surface area contributed by atoms with Gasteiger partial charge in [-0.25, -0.2) is 0 Å². The maximum absolute atomic E-state index is 13.3. The van der Waals surface area contributed by atoms with E-state index in [0.717, 1.165) is 57.4 Å². The molecule has 4 atom stereocenters. The summed E-state index contributed by atoms with van der Waals surface area (Å²) in [6, 6.07) is 7.35. The van der Waals surface area contributed by atoms with Crippen molar-refractivity contribution in [3.05, 3.63) is 41.1 Å². The van der Waals surface area contributed by atoms with Crippen LogP contribution < -0.4 is 0 Å². The van der Waals surface area contributed by atoms with E-state index in [9.17, 15) is 9.59 Å². The number of hydrogen-bond donors (Lipinski definition) is 0. The highest BCUT2D eigenvalue weighted by Crippen LogP contribution is 2.42. The Bertz CT molecular complexity index is 871. The van der Waals surface area contributed by atoms with Crippen LogP contribution in [-0.2, 0) is 19.1 Å². The quantitative estimate of drug-likeness (QED) is 0.697. The van der Waals surface area contributed by atoms with E-state index in [2.05, 4.69) is 4.90 Å². The van der Waals surface area contributed by atoms with Gasteiger partial charge in [-0.2, -0.15) is 0 Å². The van der Waals surface area contributed by atoms with Crippen molar-refractivity contribution in [2.45, 2.75) is 44.3 Å². The number of ketones is 1. The van der Waals surface area contributed by atoms with Crippen LogP contribution in [0.5, 0.6) is 0 Å². The molecule has 1 aromatic rings. The lowest BCUT2D eigenvalue weighted by Crippen LogP contribution is -2.56. The highest BCUT2D eigenvalue weighted by atomic mass is 35.5. The van der Waals surface area contributed by atoms with Gasteiger partial charge in [-0.3, -0.25) is 14.5 Å². The first-order valence-corrected chi connectivity index (χ1v) is 11.8. The molecule has 31 heavy (non-hydrogen) atoms. The lowest BCUT2D eigenvalue weighted by molar-refractivity contribution is -0.170. The number of likely N-dealkylation sites (tertiary alicyclic amines) is 1. The number of amides is 1. The third-order valence-corrected chi connectivity index (χ3v) is 7.42. The number of carbonyl (C=O) groups excluding carboxylic acids is 2. The standard InChI is InChI=1S/C24H29ClN2O4/c25-17-6-4-16(5-7-17)20-14-30-24-18(23(20)29)8-9-21-19(24)13-26(15-31-21)10-2-12-27-11-1-3-22(27)28/h4-7,14,18-19,21,24H,1-3,8-13,15H2. The number of halogens is 1. The van der Waals surface area contributed by atoms with Gasteiger partial charge in [0.1, 0.15) is 6.10 Å². The highest BCUT2D eigenvalue weighted by Gasteiger charge is 2.49. The molecule has 166 valence electrons. The van der Waals surface area contributed by atoms with Gasteiger partial charge in [-0.15, -0.1) is 0 Å². The van der Waals surface area contributed by atoms with E-state index < -0.39 is 0 Å². The Labute approximate surface area is 188 Å². The van der Waals surface area contributed by atoms with E-state index in [1.54, 1.807) is 18.4 Å². The summed E-state index contributed by atoms with van der Waals surface area (Å²) in [6.07, 6.45) is 5.97. The molecule has 1 aromatic carbocycles. The van der Waals surface area contributed by atoms with Crippen molar-refractivity contribution in [2.75, 3.05) is 32.9 Å². The molecule has 3 heterocycles. The van der Waals surface area contributed by atoms with Crippen molar-refractivity contribution >= 4 is 28.9 Å². The molecule has 7 heteroatoms. The van der Waals surface area contributed by atoms with Crippen LogP contribution in [0, 0.1) is 11.8 Å². The minimum absolute atomic E-state index is 0.123. The SMILES string of the molecule is O=C1C(c2ccc(Cl)cc2)=COC2C1CCC1OCN(CCCN3CCCC3=O)CC12. The van der Waals surface area contributed by atoms with E-state index in [1.165, 1.54) is 0 Å². The Morgan fingerprint density at radius 3 is 2.71 bits per heavy atom. The van der Waals surface area contributed by atoms with Crippen molar-refractivity contribution in [1.29, 1.82) is 0 Å². The van der Waals surface area contributed by atoms with Gasteiger partial charge in [0, 0.05) is 43.5 Å². The van der Waals surface area contributed by atoms with Crippen LogP contribution in [-0.4, -0.2) is 66.6 Å². The van der Waals surface area contributed by atoms with Crippen molar-refractivity contribution in [1.82, 2.24) is 9.80 Å². The first-order chi connectivity index (χ1) is 15.1. The molecule has 3 fully saturated rings. The molecule has 3 aliphatic heterocycles. The second-order valence-corrected chi connectivity index (χ2v) is 9.54. The minimum atomic E-state index is -0.134. The summed E-state index contributed by atoms with van der Waals surface area (Å²) in [5, 5.41) is 0.653. The fraction of sp³-hybridized carbons (Fsp3) is 0.583. The Balaban J connectivity index is 1.22. The van der Waals surface area contributed by atoms with Gasteiger partial charge in [-0.05, 0) is 43.4 Å². The van der Waals surface area contributed by atoms with E-state index in [1.807, 2.05) is 17.0 Å². The summed E-state index contributed by atoms with van der Waals surface area (Å²) >= 11 is 5.99. The molecule has 4 unspecified atom stereocenters. The van der Waals surface area contributed by atoms with Gasteiger partial charge in [-0.1, -0.05) is 23.7 Å². The predicted molar refractivity (Wildman–Crippen MR) is 117 cm³/mol. The normalized spacial score (nSPS) is 31.1. The first kappa shape index (κ1) is 21.0. The van der Waals surface area contributed by atoms with Gasteiger partial charge in [0.15, 0.2) is 5.78 Å². The molecule has 5 rings (SSSR count). The first-order valence-electron chi connectivity index (χ1n) is 11.4. The zero-order valence-corrected chi connectivity index (χ0v) is 18.4. The number of benzene rings is 1. The monoisotopic (exact) mass is 444 g/mol. The number of ether oxygens (including phenoxy) is 2. The molecule has 0 radical (unpaired) electrons. The summed E-state index contributed by atoms with van der Waals surface area (Å²) in [4.78, 5) is 29.4. The van der Waals surface area contributed by atoms with E-state index in [-0.39, 0.29) is 35.7 Å². The second-order valence-electron chi connectivity index (χ2n) is 9.10. The predicted octanol–water partition coefficient (Wildman–Crippen LogP) is 3.35. The van der Waals surface area contributed by atoms with Crippen LogP contribution in [0.2, 0.25) is 5.02 Å². The third kappa shape index (κ3) is 4.26. The van der Waals surface area contributed by atoms with Gasteiger partial charge in [0.2, 0.25) is 5.91 Å². The molecular formula is C24H29ClN2O4. The van der Waals surface area contributed by atoms with Crippen molar-refractivity contribution in [3.8, 4) is 0 Å². The largest absolute Gasteiger partial charge is 0.496 e. The molecule has 2 saturated heterocycles. The molecule has 4 aliphatic rings. The van der Waals surface area contributed by atoms with E-state index in [0.29, 0.717) is 23.7 Å². The van der Waals surface area contributed by atoms with Gasteiger partial charge >= 0.3 is 0 Å². The van der Waals surface area contributed by atoms with E-state index in [4.69, 9.17) is 21.1 Å². The summed E-state index contributed by atoms with van der Waals surface area (Å²) in [6.45, 7) is 4.09. The van der Waals surface area contributed by atoms with Crippen molar-refractivity contribution < 1.29 is 19.1 Å². The maximum atomic E-state index is 13.3. The van der Waals surface area contributed by atoms with Gasteiger partial charge < -0.3 is 14.4 Å². The molecule has 1 saturated carbocycles. The van der Waals surface area contributed by atoms with E-state index >= 15 is 0 Å². The van der Waals surface area contributed by atoms with Crippen LogP contribution in [0.15, 0.2) is 30.5 Å².